The van der Waals surface area contributed by atoms with Crippen molar-refractivity contribution in [3.8, 4) is 0 Å². The minimum atomic E-state index is -0.507. The molecule has 2 bridgehead atoms. The lowest BCUT2D eigenvalue weighted by Crippen LogP contribution is -2.46. The van der Waals surface area contributed by atoms with E-state index >= 15 is 0 Å². The van der Waals surface area contributed by atoms with Gasteiger partial charge in [-0.25, -0.2) is 4.39 Å². The molecule has 32 heavy (non-hydrogen) atoms. The minimum absolute atomic E-state index is 0.00170. The number of benzene rings is 1. The summed E-state index contributed by atoms with van der Waals surface area (Å²) in [5, 5.41) is 2.96. The normalized spacial score (nSPS) is 28.0. The summed E-state index contributed by atoms with van der Waals surface area (Å²) in [6.07, 6.45) is 4.65. The summed E-state index contributed by atoms with van der Waals surface area (Å²) < 4.78 is 18.8. The fraction of sp³-hybridized carbons (Fsp3) is 0.625. The first-order valence-corrected chi connectivity index (χ1v) is 11.7. The number of unbranched alkanes of at least 4 members (excludes halogenated alkanes) is 1. The maximum Gasteiger partial charge on any atom is 0.226 e. The Morgan fingerprint density at radius 3 is 2.31 bits per heavy atom. The third kappa shape index (κ3) is 5.02. The fourth-order valence-corrected chi connectivity index (χ4v) is 5.43. The zero-order chi connectivity index (χ0) is 22.7. The van der Waals surface area contributed by atoms with E-state index in [-0.39, 0.29) is 35.6 Å². The number of ether oxygens (including phenoxy) is 1. The van der Waals surface area contributed by atoms with E-state index in [9.17, 15) is 18.8 Å². The molecule has 0 spiro atoms. The largest absolute Gasteiger partial charge is 0.373 e. The standard InChI is InChI=1S/C24H32FN3O4/c25-17-5-3-15(4-6-17)22(29)16-9-13-28(14-10-16)12-2-1-11-27-24(31)21-19-8-7-18(32-19)20(21)23(26)30/h3-6,16,18-21H,1-2,7-14H2,(H2,26,30)(H,27,31). The van der Waals surface area contributed by atoms with Crippen molar-refractivity contribution in [1.29, 1.82) is 0 Å². The van der Waals surface area contributed by atoms with Crippen molar-refractivity contribution in [2.75, 3.05) is 26.2 Å². The summed E-state index contributed by atoms with van der Waals surface area (Å²) >= 11 is 0. The van der Waals surface area contributed by atoms with Gasteiger partial charge in [0.05, 0.1) is 24.0 Å². The Balaban J connectivity index is 1.12. The van der Waals surface area contributed by atoms with Gasteiger partial charge in [-0.05, 0) is 82.4 Å². The van der Waals surface area contributed by atoms with Crippen LogP contribution in [0.5, 0.6) is 0 Å². The number of nitrogens with two attached hydrogens (primary N) is 1. The number of nitrogens with one attached hydrogen (secondary N) is 1. The van der Waals surface area contributed by atoms with Gasteiger partial charge in [0.1, 0.15) is 5.82 Å². The highest BCUT2D eigenvalue weighted by molar-refractivity contribution is 5.97. The number of piperidine rings is 1. The Labute approximate surface area is 187 Å². The molecule has 0 radical (unpaired) electrons. The molecular formula is C24H32FN3O4. The molecule has 1 aromatic carbocycles. The number of carbonyl (C=O) groups excluding carboxylic acids is 3. The molecule has 3 N–H and O–H groups in total. The van der Waals surface area contributed by atoms with Crippen LogP contribution in [0.2, 0.25) is 0 Å². The molecule has 4 rings (SSSR count). The highest BCUT2D eigenvalue weighted by Gasteiger charge is 2.54. The minimum Gasteiger partial charge on any atom is -0.373 e. The van der Waals surface area contributed by atoms with Crippen molar-refractivity contribution < 1.29 is 23.5 Å². The number of Topliss-reactive ketones (excluding diaryl/α,β-unsaturated/α-hetero) is 1. The predicted molar refractivity (Wildman–Crippen MR) is 116 cm³/mol. The molecule has 0 aromatic heterocycles. The number of fused-ring (bicyclic) bond motifs is 2. The first-order chi connectivity index (χ1) is 15.4. The summed E-state index contributed by atoms with van der Waals surface area (Å²) in [6, 6.07) is 5.79. The molecule has 3 heterocycles. The molecule has 8 heteroatoms. The van der Waals surface area contributed by atoms with Gasteiger partial charge in [-0.3, -0.25) is 14.4 Å². The van der Waals surface area contributed by atoms with E-state index < -0.39 is 17.7 Å². The van der Waals surface area contributed by atoms with Crippen molar-refractivity contribution in [2.24, 2.45) is 23.5 Å². The molecule has 3 aliphatic rings. The quantitative estimate of drug-likeness (QED) is 0.447. The summed E-state index contributed by atoms with van der Waals surface area (Å²) in [5.74, 6) is -1.76. The number of nitrogens with zero attached hydrogens (tertiary/aromatic N) is 1. The van der Waals surface area contributed by atoms with E-state index in [0.717, 1.165) is 58.2 Å². The van der Waals surface area contributed by atoms with Gasteiger partial charge in [0.25, 0.3) is 0 Å². The smallest absolute Gasteiger partial charge is 0.226 e. The van der Waals surface area contributed by atoms with E-state index in [1.807, 2.05) is 0 Å². The number of primary amides is 1. The Morgan fingerprint density at radius 2 is 1.66 bits per heavy atom. The average Bonchev–Trinajstić information content (AvgIpc) is 3.41. The zero-order valence-electron chi connectivity index (χ0n) is 18.3. The molecule has 3 aliphatic heterocycles. The number of ketones is 1. The predicted octanol–water partition coefficient (Wildman–Crippen LogP) is 1.90. The van der Waals surface area contributed by atoms with Gasteiger partial charge in [-0.1, -0.05) is 0 Å². The topological polar surface area (TPSA) is 102 Å². The van der Waals surface area contributed by atoms with Crippen LogP contribution in [0.3, 0.4) is 0 Å². The molecule has 3 fully saturated rings. The summed E-state index contributed by atoms with van der Waals surface area (Å²) in [7, 11) is 0. The number of hydrogen-bond acceptors (Lipinski definition) is 5. The summed E-state index contributed by atoms with van der Waals surface area (Å²) in [4.78, 5) is 39.3. The molecule has 4 unspecified atom stereocenters. The maximum absolute atomic E-state index is 13.1. The van der Waals surface area contributed by atoms with Crippen molar-refractivity contribution in [1.82, 2.24) is 10.2 Å². The fourth-order valence-electron chi connectivity index (χ4n) is 5.43. The second-order valence-corrected chi connectivity index (χ2v) is 9.23. The van der Waals surface area contributed by atoms with Crippen LogP contribution in [0.4, 0.5) is 4.39 Å². The van der Waals surface area contributed by atoms with Crippen molar-refractivity contribution in [3.63, 3.8) is 0 Å². The molecule has 7 nitrogen and oxygen atoms in total. The van der Waals surface area contributed by atoms with Crippen LogP contribution < -0.4 is 11.1 Å². The van der Waals surface area contributed by atoms with Gasteiger partial charge < -0.3 is 20.7 Å². The second-order valence-electron chi connectivity index (χ2n) is 9.23. The van der Waals surface area contributed by atoms with Crippen molar-refractivity contribution >= 4 is 17.6 Å². The van der Waals surface area contributed by atoms with E-state index in [1.165, 1.54) is 12.1 Å². The Morgan fingerprint density at radius 1 is 1.00 bits per heavy atom. The highest BCUT2D eigenvalue weighted by atomic mass is 19.1. The number of carbonyl (C=O) groups is 3. The summed E-state index contributed by atoms with van der Waals surface area (Å²) in [6.45, 7) is 3.23. The molecule has 1 aromatic rings. The van der Waals surface area contributed by atoms with Gasteiger partial charge in [-0.15, -0.1) is 0 Å². The molecule has 0 saturated carbocycles. The van der Waals surface area contributed by atoms with Gasteiger partial charge in [0.15, 0.2) is 5.78 Å². The zero-order valence-corrected chi connectivity index (χ0v) is 18.3. The highest BCUT2D eigenvalue weighted by Crippen LogP contribution is 2.43. The lowest BCUT2D eigenvalue weighted by atomic mass is 9.78. The van der Waals surface area contributed by atoms with E-state index in [1.54, 1.807) is 12.1 Å². The van der Waals surface area contributed by atoms with Crippen LogP contribution in [0, 0.1) is 23.6 Å². The lowest BCUT2D eigenvalue weighted by molar-refractivity contribution is -0.133. The summed E-state index contributed by atoms with van der Waals surface area (Å²) in [5.41, 5.74) is 6.08. The molecule has 0 aliphatic carbocycles. The Hall–Kier alpha value is -2.32. The number of hydrogen-bond donors (Lipinski definition) is 2. The van der Waals surface area contributed by atoms with Gasteiger partial charge in [-0.2, -0.15) is 0 Å². The maximum atomic E-state index is 13.1. The molecule has 3 saturated heterocycles. The van der Waals surface area contributed by atoms with Crippen LogP contribution in [-0.4, -0.2) is 60.9 Å². The van der Waals surface area contributed by atoms with Crippen LogP contribution in [0.1, 0.15) is 48.9 Å². The monoisotopic (exact) mass is 445 g/mol. The van der Waals surface area contributed by atoms with Crippen LogP contribution in [-0.2, 0) is 14.3 Å². The van der Waals surface area contributed by atoms with Crippen LogP contribution in [0.15, 0.2) is 24.3 Å². The van der Waals surface area contributed by atoms with Gasteiger partial charge >= 0.3 is 0 Å². The van der Waals surface area contributed by atoms with Crippen LogP contribution in [0.25, 0.3) is 0 Å². The number of halogens is 1. The van der Waals surface area contributed by atoms with Crippen molar-refractivity contribution in [3.05, 3.63) is 35.6 Å². The van der Waals surface area contributed by atoms with E-state index in [4.69, 9.17) is 10.5 Å². The second kappa shape index (κ2) is 10.1. The van der Waals surface area contributed by atoms with Gasteiger partial charge in [0, 0.05) is 18.0 Å². The molecule has 174 valence electrons. The molecular weight excluding hydrogens is 413 g/mol. The molecule has 4 atom stereocenters. The van der Waals surface area contributed by atoms with Crippen LogP contribution >= 0.6 is 0 Å². The number of rotatable bonds is 9. The number of likely N-dealkylation sites (tertiary alicyclic amines) is 1. The van der Waals surface area contributed by atoms with E-state index in [0.29, 0.717) is 12.1 Å². The third-order valence-corrected chi connectivity index (χ3v) is 7.19. The average molecular weight is 446 g/mol. The Kier molecular flexibility index (Phi) is 7.20. The number of amides is 2. The van der Waals surface area contributed by atoms with Crippen molar-refractivity contribution in [2.45, 2.75) is 50.7 Å². The molecule has 2 amide bonds. The first-order valence-electron chi connectivity index (χ1n) is 11.7. The lowest BCUT2D eigenvalue weighted by Gasteiger charge is -2.31. The SMILES string of the molecule is NC(=O)C1C2CCC(O2)C1C(=O)NCCCCN1CCC(C(=O)c2ccc(F)cc2)CC1. The van der Waals surface area contributed by atoms with E-state index in [2.05, 4.69) is 10.2 Å². The van der Waals surface area contributed by atoms with Gasteiger partial charge in [0.2, 0.25) is 11.8 Å². The Bertz CT molecular complexity index is 838. The first kappa shape index (κ1) is 22.9. The third-order valence-electron chi connectivity index (χ3n) is 7.19.